The van der Waals surface area contributed by atoms with E-state index in [1.54, 1.807) is 0 Å². The van der Waals surface area contributed by atoms with Gasteiger partial charge in [-0.15, -0.1) is 0 Å². The minimum absolute atomic E-state index is 0.475. The van der Waals surface area contributed by atoms with Crippen molar-refractivity contribution >= 4 is 15.9 Å². The van der Waals surface area contributed by atoms with Crippen LogP contribution in [-0.4, -0.2) is 12.6 Å². The van der Waals surface area contributed by atoms with E-state index in [2.05, 4.69) is 52.4 Å². The summed E-state index contributed by atoms with van der Waals surface area (Å²) in [6, 6.07) is 9.79. The molecule has 17 heavy (non-hydrogen) atoms. The molecule has 2 aliphatic carbocycles. The molecular weight excluding hydrogens is 274 g/mol. The van der Waals surface area contributed by atoms with Crippen LogP contribution in [0.2, 0.25) is 0 Å². The highest BCUT2D eigenvalue weighted by atomic mass is 79.9. The molecule has 2 heteroatoms. The second-order valence-electron chi connectivity index (χ2n) is 5.60. The Hall–Kier alpha value is -0.340. The summed E-state index contributed by atoms with van der Waals surface area (Å²) in [5.74, 6) is 0.856. The average Bonchev–Trinajstić information content (AvgIpc) is 3.23. The predicted octanol–water partition coefficient (Wildman–Crippen LogP) is 3.87. The van der Waals surface area contributed by atoms with E-state index in [4.69, 9.17) is 0 Å². The first-order valence-electron chi connectivity index (χ1n) is 6.74. The van der Waals surface area contributed by atoms with Gasteiger partial charge in [0.2, 0.25) is 0 Å². The lowest BCUT2D eigenvalue weighted by molar-refractivity contribution is 0.537. The molecule has 3 rings (SSSR count). The summed E-state index contributed by atoms with van der Waals surface area (Å²) < 4.78 is 1.18. The Morgan fingerprint density at radius 3 is 2.59 bits per heavy atom. The van der Waals surface area contributed by atoms with Crippen molar-refractivity contribution in [1.82, 2.24) is 5.32 Å². The molecule has 92 valence electrons. The lowest BCUT2D eigenvalue weighted by Crippen LogP contribution is -2.23. The Bertz CT molecular complexity index is 396. The van der Waals surface area contributed by atoms with Crippen LogP contribution in [0.1, 0.15) is 38.2 Å². The zero-order valence-electron chi connectivity index (χ0n) is 10.4. The second kappa shape index (κ2) is 4.40. The van der Waals surface area contributed by atoms with Gasteiger partial charge >= 0.3 is 0 Å². The van der Waals surface area contributed by atoms with Crippen LogP contribution >= 0.6 is 15.9 Å². The molecule has 2 unspecified atom stereocenters. The fraction of sp³-hybridized carbons (Fsp3) is 0.600. The fourth-order valence-electron chi connectivity index (χ4n) is 3.02. The normalized spacial score (nSPS) is 31.5. The molecule has 2 fully saturated rings. The van der Waals surface area contributed by atoms with Crippen LogP contribution < -0.4 is 5.32 Å². The molecule has 0 heterocycles. The topological polar surface area (TPSA) is 12.0 Å². The largest absolute Gasteiger partial charge is 0.314 e. The molecule has 0 spiro atoms. The Morgan fingerprint density at radius 2 is 2.00 bits per heavy atom. The van der Waals surface area contributed by atoms with Crippen LogP contribution in [0, 0.1) is 5.92 Å². The van der Waals surface area contributed by atoms with Crippen LogP contribution in [0.15, 0.2) is 28.7 Å². The lowest BCUT2D eigenvalue weighted by Gasteiger charge is -2.16. The van der Waals surface area contributed by atoms with Crippen molar-refractivity contribution in [3.8, 4) is 0 Å². The number of hydrogen-bond donors (Lipinski definition) is 1. The average molecular weight is 294 g/mol. The first-order chi connectivity index (χ1) is 8.24. The van der Waals surface area contributed by atoms with Gasteiger partial charge in [0.05, 0.1) is 0 Å². The standard InChI is InChI=1S/C15H20BrN/c1-2-15(11-3-5-13(16)6-4-11)9-12(15)10-17-14-7-8-14/h3-6,12,14,17H,2,7-10H2,1H3. The minimum atomic E-state index is 0.475. The van der Waals surface area contributed by atoms with E-state index in [1.165, 1.54) is 42.3 Å². The monoisotopic (exact) mass is 293 g/mol. The molecule has 1 nitrogen and oxygen atoms in total. The van der Waals surface area contributed by atoms with E-state index >= 15 is 0 Å². The van der Waals surface area contributed by atoms with E-state index in [1.807, 2.05) is 0 Å². The summed E-state index contributed by atoms with van der Waals surface area (Å²) in [5, 5.41) is 3.68. The summed E-state index contributed by atoms with van der Waals surface area (Å²) in [7, 11) is 0. The van der Waals surface area contributed by atoms with E-state index in [0.29, 0.717) is 5.41 Å². The Balaban J connectivity index is 1.68. The first kappa shape index (κ1) is 11.7. The van der Waals surface area contributed by atoms with Crippen molar-refractivity contribution in [2.24, 2.45) is 5.92 Å². The molecule has 0 aliphatic heterocycles. The number of rotatable bonds is 5. The van der Waals surface area contributed by atoms with Crippen molar-refractivity contribution in [1.29, 1.82) is 0 Å². The van der Waals surface area contributed by atoms with Crippen LogP contribution in [0.4, 0.5) is 0 Å². The van der Waals surface area contributed by atoms with Gasteiger partial charge in [0, 0.05) is 10.5 Å². The molecular formula is C15H20BrN. The van der Waals surface area contributed by atoms with Gasteiger partial charge in [-0.2, -0.15) is 0 Å². The van der Waals surface area contributed by atoms with Crippen molar-refractivity contribution in [2.45, 2.75) is 44.1 Å². The van der Waals surface area contributed by atoms with Crippen LogP contribution in [-0.2, 0) is 5.41 Å². The molecule has 0 amide bonds. The third kappa shape index (κ3) is 2.30. The van der Waals surface area contributed by atoms with Gasteiger partial charge in [-0.3, -0.25) is 0 Å². The van der Waals surface area contributed by atoms with E-state index in [0.717, 1.165) is 12.0 Å². The predicted molar refractivity (Wildman–Crippen MR) is 75.2 cm³/mol. The first-order valence-corrected chi connectivity index (χ1v) is 7.53. The maximum atomic E-state index is 3.68. The van der Waals surface area contributed by atoms with Gasteiger partial charge in [0.1, 0.15) is 0 Å². The maximum absolute atomic E-state index is 3.68. The van der Waals surface area contributed by atoms with Gasteiger partial charge in [-0.25, -0.2) is 0 Å². The minimum Gasteiger partial charge on any atom is -0.314 e. The number of nitrogens with one attached hydrogen (secondary N) is 1. The van der Waals surface area contributed by atoms with E-state index < -0.39 is 0 Å². The summed E-state index contributed by atoms with van der Waals surface area (Å²) in [6.45, 7) is 3.55. The second-order valence-corrected chi connectivity index (χ2v) is 6.52. The van der Waals surface area contributed by atoms with Gasteiger partial charge in [-0.05, 0) is 61.3 Å². The molecule has 0 aromatic heterocycles. The number of hydrogen-bond acceptors (Lipinski definition) is 1. The highest BCUT2D eigenvalue weighted by Crippen LogP contribution is 2.56. The van der Waals surface area contributed by atoms with Crippen molar-refractivity contribution < 1.29 is 0 Å². The van der Waals surface area contributed by atoms with Gasteiger partial charge < -0.3 is 5.32 Å². The third-order valence-corrected chi connectivity index (χ3v) is 5.04. The number of benzene rings is 1. The lowest BCUT2D eigenvalue weighted by atomic mass is 9.90. The van der Waals surface area contributed by atoms with Crippen molar-refractivity contribution in [2.75, 3.05) is 6.54 Å². The molecule has 0 bridgehead atoms. The third-order valence-electron chi connectivity index (χ3n) is 4.51. The SMILES string of the molecule is CCC1(c2ccc(Br)cc2)CC1CNC1CC1. The summed E-state index contributed by atoms with van der Waals surface area (Å²) in [5.41, 5.74) is 2.01. The molecule has 0 saturated heterocycles. The molecule has 0 radical (unpaired) electrons. The Kier molecular flexibility index (Phi) is 3.04. The van der Waals surface area contributed by atoms with Crippen LogP contribution in [0.25, 0.3) is 0 Å². The molecule has 1 aromatic rings. The molecule has 1 N–H and O–H groups in total. The summed E-state index contributed by atoms with van der Waals surface area (Å²) >= 11 is 3.52. The van der Waals surface area contributed by atoms with Gasteiger partial charge in [-0.1, -0.05) is 35.0 Å². The summed E-state index contributed by atoms with van der Waals surface area (Å²) in [4.78, 5) is 0. The highest BCUT2D eigenvalue weighted by Gasteiger charge is 2.53. The molecule has 2 aliphatic rings. The summed E-state index contributed by atoms with van der Waals surface area (Å²) in [6.07, 6.45) is 5.42. The Morgan fingerprint density at radius 1 is 1.29 bits per heavy atom. The van der Waals surface area contributed by atoms with E-state index in [-0.39, 0.29) is 0 Å². The van der Waals surface area contributed by atoms with Crippen molar-refractivity contribution in [3.05, 3.63) is 34.3 Å². The fourth-order valence-corrected chi connectivity index (χ4v) is 3.28. The van der Waals surface area contributed by atoms with Crippen molar-refractivity contribution in [3.63, 3.8) is 0 Å². The zero-order valence-corrected chi connectivity index (χ0v) is 12.0. The molecule has 1 aromatic carbocycles. The Labute approximate surface area is 112 Å². The van der Waals surface area contributed by atoms with Crippen LogP contribution in [0.5, 0.6) is 0 Å². The zero-order chi connectivity index (χ0) is 11.9. The number of halogens is 1. The highest BCUT2D eigenvalue weighted by molar-refractivity contribution is 9.10. The van der Waals surface area contributed by atoms with E-state index in [9.17, 15) is 0 Å². The molecule has 2 atom stereocenters. The molecule has 2 saturated carbocycles. The van der Waals surface area contributed by atoms with Gasteiger partial charge in [0.15, 0.2) is 0 Å². The smallest absolute Gasteiger partial charge is 0.0175 e. The maximum Gasteiger partial charge on any atom is 0.0175 e. The van der Waals surface area contributed by atoms with Crippen LogP contribution in [0.3, 0.4) is 0 Å². The van der Waals surface area contributed by atoms with Gasteiger partial charge in [0.25, 0.3) is 0 Å². The quantitative estimate of drug-likeness (QED) is 0.869.